The Morgan fingerprint density at radius 1 is 1.33 bits per heavy atom. The van der Waals surface area contributed by atoms with Gasteiger partial charge in [-0.1, -0.05) is 19.8 Å². The Bertz CT molecular complexity index is 245. The highest BCUT2D eigenvalue weighted by Crippen LogP contribution is 2.18. The summed E-state index contributed by atoms with van der Waals surface area (Å²) in [7, 11) is 0. The molecule has 68 valence electrons. The zero-order chi connectivity index (χ0) is 8.97. The average molecular weight is 296 g/mol. The number of imidazole rings is 1. The fourth-order valence-corrected chi connectivity index (χ4v) is 2.20. The molecule has 1 N–H and O–H groups in total. The Morgan fingerprint density at radius 2 is 2.08 bits per heavy atom. The van der Waals surface area contributed by atoms with E-state index in [1.807, 2.05) is 0 Å². The number of aromatic nitrogens is 2. The highest BCUT2D eigenvalue weighted by atomic mass is 79.9. The van der Waals surface area contributed by atoms with Crippen molar-refractivity contribution in [2.45, 2.75) is 32.6 Å². The van der Waals surface area contributed by atoms with Crippen LogP contribution in [0.3, 0.4) is 0 Å². The Labute approximate surface area is 89.4 Å². The zero-order valence-electron chi connectivity index (χ0n) is 7.03. The minimum Gasteiger partial charge on any atom is -0.335 e. The first-order chi connectivity index (χ1) is 5.74. The van der Waals surface area contributed by atoms with Crippen LogP contribution in [0.1, 0.15) is 31.9 Å². The molecule has 0 atom stereocenters. The van der Waals surface area contributed by atoms with Gasteiger partial charge < -0.3 is 4.98 Å². The Hall–Kier alpha value is 0.170. The van der Waals surface area contributed by atoms with Crippen molar-refractivity contribution in [3.05, 3.63) is 15.0 Å². The van der Waals surface area contributed by atoms with Crippen LogP contribution >= 0.6 is 31.9 Å². The second-order valence-electron chi connectivity index (χ2n) is 2.75. The molecule has 1 aromatic heterocycles. The van der Waals surface area contributed by atoms with E-state index in [2.05, 4.69) is 48.8 Å². The van der Waals surface area contributed by atoms with Crippen LogP contribution < -0.4 is 0 Å². The van der Waals surface area contributed by atoms with Crippen molar-refractivity contribution >= 4 is 31.9 Å². The third-order valence-electron chi connectivity index (χ3n) is 1.73. The highest BCUT2D eigenvalue weighted by Gasteiger charge is 2.04. The first-order valence-electron chi connectivity index (χ1n) is 4.14. The van der Waals surface area contributed by atoms with Gasteiger partial charge in [0.1, 0.15) is 4.60 Å². The Kier molecular flexibility index (Phi) is 4.29. The fraction of sp³-hybridized carbons (Fsp3) is 0.625. The lowest BCUT2D eigenvalue weighted by Gasteiger charge is -1.96. The number of hydrogen-bond acceptors (Lipinski definition) is 1. The molecule has 1 heterocycles. The number of aryl methyl sites for hydroxylation is 1. The highest BCUT2D eigenvalue weighted by molar-refractivity contribution is 9.11. The maximum atomic E-state index is 4.17. The molecular weight excluding hydrogens is 284 g/mol. The van der Waals surface area contributed by atoms with Gasteiger partial charge in [0.05, 0.1) is 5.69 Å². The van der Waals surface area contributed by atoms with Gasteiger partial charge in [0.15, 0.2) is 4.73 Å². The third kappa shape index (κ3) is 2.90. The summed E-state index contributed by atoms with van der Waals surface area (Å²) >= 11 is 6.69. The van der Waals surface area contributed by atoms with Gasteiger partial charge in [-0.05, 0) is 44.7 Å². The van der Waals surface area contributed by atoms with Crippen molar-refractivity contribution in [3.8, 4) is 0 Å². The summed E-state index contributed by atoms with van der Waals surface area (Å²) in [5, 5.41) is 0. The number of aromatic amines is 1. The summed E-state index contributed by atoms with van der Waals surface area (Å²) in [6, 6.07) is 0. The van der Waals surface area contributed by atoms with E-state index >= 15 is 0 Å². The summed E-state index contributed by atoms with van der Waals surface area (Å²) in [6.45, 7) is 2.21. The van der Waals surface area contributed by atoms with Crippen LogP contribution in [0, 0.1) is 0 Å². The van der Waals surface area contributed by atoms with Gasteiger partial charge >= 0.3 is 0 Å². The van der Waals surface area contributed by atoms with Crippen molar-refractivity contribution in [3.63, 3.8) is 0 Å². The van der Waals surface area contributed by atoms with E-state index in [4.69, 9.17) is 0 Å². The van der Waals surface area contributed by atoms with Gasteiger partial charge in [-0.15, -0.1) is 0 Å². The number of nitrogens with zero attached hydrogens (tertiary/aromatic N) is 1. The van der Waals surface area contributed by atoms with E-state index in [-0.39, 0.29) is 0 Å². The number of halogens is 2. The predicted octanol–water partition coefficient (Wildman–Crippen LogP) is 3.67. The Balaban J connectivity index is 2.45. The normalized spacial score (nSPS) is 10.6. The summed E-state index contributed by atoms with van der Waals surface area (Å²) in [4.78, 5) is 7.33. The third-order valence-corrected chi connectivity index (χ3v) is 2.76. The van der Waals surface area contributed by atoms with Gasteiger partial charge in [-0.3, -0.25) is 0 Å². The molecular formula is C8H12Br2N2. The summed E-state index contributed by atoms with van der Waals surface area (Å²) in [6.07, 6.45) is 4.84. The molecule has 0 radical (unpaired) electrons. The smallest absolute Gasteiger partial charge is 0.175 e. The predicted molar refractivity (Wildman–Crippen MR) is 57.2 cm³/mol. The molecule has 0 amide bonds. The van der Waals surface area contributed by atoms with Crippen LogP contribution in [-0.4, -0.2) is 9.97 Å². The van der Waals surface area contributed by atoms with E-state index in [0.717, 1.165) is 15.8 Å². The molecule has 0 spiro atoms. The molecule has 0 saturated carbocycles. The van der Waals surface area contributed by atoms with Crippen molar-refractivity contribution in [2.24, 2.45) is 0 Å². The quantitative estimate of drug-likeness (QED) is 0.844. The SMILES string of the molecule is CCCCCc1[nH]c(Br)nc1Br. The second-order valence-corrected chi connectivity index (χ2v) is 4.26. The Morgan fingerprint density at radius 3 is 2.58 bits per heavy atom. The van der Waals surface area contributed by atoms with Gasteiger partial charge in [0.2, 0.25) is 0 Å². The monoisotopic (exact) mass is 294 g/mol. The first kappa shape index (κ1) is 10.3. The van der Waals surface area contributed by atoms with Gasteiger partial charge in [-0.25, -0.2) is 4.98 Å². The lowest BCUT2D eigenvalue weighted by Crippen LogP contribution is -1.86. The minimum atomic E-state index is 0.806. The number of nitrogens with one attached hydrogen (secondary N) is 1. The van der Waals surface area contributed by atoms with Gasteiger partial charge in [0.25, 0.3) is 0 Å². The molecule has 0 aromatic carbocycles. The number of unbranched alkanes of at least 4 members (excludes halogenated alkanes) is 2. The minimum absolute atomic E-state index is 0.806. The van der Waals surface area contributed by atoms with Crippen molar-refractivity contribution in [1.82, 2.24) is 9.97 Å². The van der Waals surface area contributed by atoms with E-state index in [9.17, 15) is 0 Å². The maximum absolute atomic E-state index is 4.17. The molecule has 0 aliphatic heterocycles. The number of hydrogen-bond donors (Lipinski definition) is 1. The van der Waals surface area contributed by atoms with Crippen LogP contribution in [0.4, 0.5) is 0 Å². The maximum Gasteiger partial charge on any atom is 0.175 e. The molecule has 0 aliphatic rings. The van der Waals surface area contributed by atoms with E-state index in [1.54, 1.807) is 0 Å². The van der Waals surface area contributed by atoms with Gasteiger partial charge in [-0.2, -0.15) is 0 Å². The van der Waals surface area contributed by atoms with E-state index in [1.165, 1.54) is 25.0 Å². The summed E-state index contributed by atoms with van der Waals surface area (Å²) in [5.41, 5.74) is 1.19. The van der Waals surface area contributed by atoms with Gasteiger partial charge in [0, 0.05) is 0 Å². The number of H-pyrrole nitrogens is 1. The van der Waals surface area contributed by atoms with E-state index < -0.39 is 0 Å². The largest absolute Gasteiger partial charge is 0.335 e. The van der Waals surface area contributed by atoms with E-state index in [0.29, 0.717) is 0 Å². The standard InChI is InChI=1S/C8H12Br2N2/c1-2-3-4-5-6-7(9)12-8(10)11-6/h2-5H2,1H3,(H,11,12). The lowest BCUT2D eigenvalue weighted by atomic mass is 10.2. The molecule has 12 heavy (non-hydrogen) atoms. The van der Waals surface area contributed by atoms with Crippen LogP contribution in [0.5, 0.6) is 0 Å². The number of rotatable bonds is 4. The summed E-state index contributed by atoms with van der Waals surface area (Å²) < 4.78 is 1.74. The van der Waals surface area contributed by atoms with Crippen LogP contribution in [0.2, 0.25) is 0 Å². The second kappa shape index (κ2) is 5.02. The molecule has 4 heteroatoms. The first-order valence-corrected chi connectivity index (χ1v) is 5.72. The molecule has 2 nitrogen and oxygen atoms in total. The van der Waals surface area contributed by atoms with Crippen LogP contribution in [0.25, 0.3) is 0 Å². The van der Waals surface area contributed by atoms with Crippen LogP contribution in [0.15, 0.2) is 9.34 Å². The molecule has 0 fully saturated rings. The summed E-state index contributed by atoms with van der Waals surface area (Å²) in [5.74, 6) is 0. The molecule has 0 saturated heterocycles. The van der Waals surface area contributed by atoms with Crippen molar-refractivity contribution in [1.29, 1.82) is 0 Å². The molecule has 0 unspecified atom stereocenters. The van der Waals surface area contributed by atoms with Crippen molar-refractivity contribution in [2.75, 3.05) is 0 Å². The van der Waals surface area contributed by atoms with Crippen molar-refractivity contribution < 1.29 is 0 Å². The molecule has 0 bridgehead atoms. The molecule has 1 rings (SSSR count). The zero-order valence-corrected chi connectivity index (χ0v) is 10.2. The van der Waals surface area contributed by atoms with Crippen LogP contribution in [-0.2, 0) is 6.42 Å². The molecule has 0 aliphatic carbocycles. The fourth-order valence-electron chi connectivity index (χ4n) is 1.08. The average Bonchev–Trinajstić information content (AvgIpc) is 2.31. The lowest BCUT2D eigenvalue weighted by molar-refractivity contribution is 0.707. The topological polar surface area (TPSA) is 28.7 Å². The molecule has 1 aromatic rings.